The van der Waals surface area contributed by atoms with Gasteiger partial charge in [-0.25, -0.2) is 0 Å². The predicted molar refractivity (Wildman–Crippen MR) is 152 cm³/mol. The van der Waals surface area contributed by atoms with Gasteiger partial charge < -0.3 is 19.6 Å². The van der Waals surface area contributed by atoms with Crippen LogP contribution in [0.1, 0.15) is 58.4 Å². The Morgan fingerprint density at radius 2 is 1.63 bits per heavy atom. The minimum absolute atomic E-state index is 0.0737. The lowest BCUT2D eigenvalue weighted by Gasteiger charge is -2.34. The third-order valence-corrected chi connectivity index (χ3v) is 9.49. The Balaban J connectivity index is 1.33. The van der Waals surface area contributed by atoms with Gasteiger partial charge >= 0.3 is 0 Å². The van der Waals surface area contributed by atoms with Crippen molar-refractivity contribution in [1.29, 1.82) is 0 Å². The molecule has 1 aromatic carbocycles. The van der Waals surface area contributed by atoms with Crippen molar-refractivity contribution < 1.29 is 14.4 Å². The number of halogens is 1. The molecule has 2 unspecified atom stereocenters. The molecular weight excluding hydrogens is 500 g/mol. The van der Waals surface area contributed by atoms with Crippen molar-refractivity contribution >= 4 is 35.0 Å². The number of aryl methyl sites for hydroxylation is 1. The lowest BCUT2D eigenvalue weighted by atomic mass is 9.94. The molecule has 38 heavy (non-hydrogen) atoms. The van der Waals surface area contributed by atoms with Gasteiger partial charge in [-0.2, -0.15) is 0 Å². The predicted octanol–water partition coefficient (Wildman–Crippen LogP) is 4.46. The Kier molecular flexibility index (Phi) is 9.74. The SMILES string of the molecule is CCC(CC)C(=O)N1CC2CN(CCCN(C(=O)C3CCN(C(C)=O)CC3)c3ccc(C)c(Cl)c3)CC2C1. The van der Waals surface area contributed by atoms with Crippen LogP contribution in [-0.4, -0.2) is 84.8 Å². The summed E-state index contributed by atoms with van der Waals surface area (Å²) in [6, 6.07) is 5.88. The molecule has 3 amide bonds. The first-order chi connectivity index (χ1) is 18.2. The summed E-state index contributed by atoms with van der Waals surface area (Å²) in [5, 5.41) is 0.673. The summed E-state index contributed by atoms with van der Waals surface area (Å²) in [7, 11) is 0. The van der Waals surface area contributed by atoms with E-state index in [1.807, 2.05) is 34.9 Å². The van der Waals surface area contributed by atoms with Gasteiger partial charge in [-0.15, -0.1) is 0 Å². The van der Waals surface area contributed by atoms with Crippen LogP contribution in [0.3, 0.4) is 0 Å². The van der Waals surface area contributed by atoms with Gasteiger partial charge in [0.15, 0.2) is 0 Å². The second-order valence-corrected chi connectivity index (χ2v) is 12.0. The Bertz CT molecular complexity index is 991. The quantitative estimate of drug-likeness (QED) is 0.460. The highest BCUT2D eigenvalue weighted by molar-refractivity contribution is 6.31. The number of carbonyl (C=O) groups excluding carboxylic acids is 3. The molecule has 3 heterocycles. The van der Waals surface area contributed by atoms with Gasteiger partial charge in [0.1, 0.15) is 0 Å². The summed E-state index contributed by atoms with van der Waals surface area (Å²) in [5.41, 5.74) is 1.85. The van der Waals surface area contributed by atoms with Crippen LogP contribution in [0.15, 0.2) is 18.2 Å². The van der Waals surface area contributed by atoms with Gasteiger partial charge in [0.2, 0.25) is 17.7 Å². The normalized spacial score (nSPS) is 22.3. The molecular formula is C30H45ClN4O3. The average Bonchev–Trinajstić information content (AvgIpc) is 3.48. The highest BCUT2D eigenvalue weighted by atomic mass is 35.5. The fourth-order valence-corrected chi connectivity index (χ4v) is 6.75. The molecule has 0 saturated carbocycles. The molecule has 0 bridgehead atoms. The second kappa shape index (κ2) is 12.8. The zero-order valence-electron chi connectivity index (χ0n) is 23.6. The molecule has 210 valence electrons. The van der Waals surface area contributed by atoms with Crippen LogP contribution in [0.25, 0.3) is 0 Å². The third kappa shape index (κ3) is 6.53. The number of piperidine rings is 1. The number of benzene rings is 1. The summed E-state index contributed by atoms with van der Waals surface area (Å²) in [5.74, 6) is 1.78. The third-order valence-electron chi connectivity index (χ3n) is 9.09. The smallest absolute Gasteiger partial charge is 0.230 e. The van der Waals surface area contributed by atoms with E-state index in [1.54, 1.807) is 6.92 Å². The molecule has 7 nitrogen and oxygen atoms in total. The van der Waals surface area contributed by atoms with Crippen molar-refractivity contribution in [3.8, 4) is 0 Å². The molecule has 3 fully saturated rings. The number of hydrogen-bond donors (Lipinski definition) is 0. The second-order valence-electron chi connectivity index (χ2n) is 11.6. The number of anilines is 1. The molecule has 8 heteroatoms. The van der Waals surface area contributed by atoms with Crippen LogP contribution in [0, 0.1) is 30.6 Å². The van der Waals surface area contributed by atoms with Crippen molar-refractivity contribution in [2.75, 3.05) is 57.3 Å². The summed E-state index contributed by atoms with van der Waals surface area (Å²) < 4.78 is 0. The van der Waals surface area contributed by atoms with Crippen molar-refractivity contribution in [3.63, 3.8) is 0 Å². The molecule has 4 rings (SSSR count). The zero-order chi connectivity index (χ0) is 27.4. The highest BCUT2D eigenvalue weighted by Gasteiger charge is 2.42. The standard InChI is InChI=1S/C30H45ClN4O3/c1-5-23(6-2)29(37)34-19-25-17-32(18-26(25)20-34)12-7-13-35(27-9-8-21(3)28(31)16-27)30(38)24-10-14-33(15-11-24)22(4)36/h8-9,16,23-26H,5-7,10-15,17-20H2,1-4H3. The number of nitrogens with zero attached hydrogens (tertiary/aromatic N) is 4. The summed E-state index contributed by atoms with van der Waals surface area (Å²) in [6.45, 7) is 14.5. The maximum atomic E-state index is 13.7. The van der Waals surface area contributed by atoms with Crippen LogP contribution >= 0.6 is 11.6 Å². The Labute approximate surface area is 233 Å². The Morgan fingerprint density at radius 3 is 2.18 bits per heavy atom. The number of hydrogen-bond acceptors (Lipinski definition) is 4. The van der Waals surface area contributed by atoms with Crippen molar-refractivity contribution in [2.45, 2.75) is 59.8 Å². The minimum atomic E-state index is -0.0737. The first-order valence-electron chi connectivity index (χ1n) is 14.6. The van der Waals surface area contributed by atoms with Crippen LogP contribution in [0.4, 0.5) is 5.69 Å². The first-order valence-corrected chi connectivity index (χ1v) is 14.9. The first kappa shape index (κ1) is 28.9. The number of fused-ring (bicyclic) bond motifs is 1. The van der Waals surface area contributed by atoms with Gasteiger partial charge in [0, 0.05) is 75.3 Å². The lowest BCUT2D eigenvalue weighted by Crippen LogP contribution is -2.44. The molecule has 0 N–H and O–H groups in total. The van der Waals surface area contributed by atoms with Gasteiger partial charge in [-0.1, -0.05) is 31.5 Å². The number of amides is 3. The summed E-state index contributed by atoms with van der Waals surface area (Å²) in [6.07, 6.45) is 4.14. The summed E-state index contributed by atoms with van der Waals surface area (Å²) >= 11 is 6.45. The van der Waals surface area contributed by atoms with E-state index in [1.165, 1.54) is 0 Å². The van der Waals surface area contributed by atoms with Gasteiger partial charge in [0.25, 0.3) is 0 Å². The van der Waals surface area contributed by atoms with E-state index in [0.717, 1.165) is 63.2 Å². The molecule has 3 aliphatic rings. The largest absolute Gasteiger partial charge is 0.343 e. The zero-order valence-corrected chi connectivity index (χ0v) is 24.4. The highest BCUT2D eigenvalue weighted by Crippen LogP contribution is 2.33. The van der Waals surface area contributed by atoms with E-state index in [2.05, 4.69) is 23.6 Å². The van der Waals surface area contributed by atoms with Crippen LogP contribution in [0.2, 0.25) is 5.02 Å². The molecule has 3 aliphatic heterocycles. The maximum absolute atomic E-state index is 13.7. The lowest BCUT2D eigenvalue weighted by molar-refractivity contribution is -0.135. The van der Waals surface area contributed by atoms with Gasteiger partial charge in [-0.3, -0.25) is 14.4 Å². The molecule has 0 aliphatic carbocycles. The average molecular weight is 545 g/mol. The van der Waals surface area contributed by atoms with E-state index in [-0.39, 0.29) is 23.7 Å². The van der Waals surface area contributed by atoms with Crippen molar-refractivity contribution in [3.05, 3.63) is 28.8 Å². The molecule has 1 aromatic rings. The molecule has 0 aromatic heterocycles. The molecule has 0 radical (unpaired) electrons. The van der Waals surface area contributed by atoms with E-state index in [0.29, 0.717) is 55.2 Å². The Hall–Kier alpha value is -2.12. The van der Waals surface area contributed by atoms with E-state index >= 15 is 0 Å². The monoisotopic (exact) mass is 544 g/mol. The fourth-order valence-electron chi connectivity index (χ4n) is 6.58. The molecule has 2 atom stereocenters. The summed E-state index contributed by atoms with van der Waals surface area (Å²) in [4.78, 5) is 46.7. The molecule has 3 saturated heterocycles. The number of rotatable bonds is 9. The van der Waals surface area contributed by atoms with Crippen LogP contribution in [0.5, 0.6) is 0 Å². The van der Waals surface area contributed by atoms with Crippen LogP contribution < -0.4 is 4.90 Å². The fraction of sp³-hybridized carbons (Fsp3) is 0.700. The van der Waals surface area contributed by atoms with E-state index in [9.17, 15) is 14.4 Å². The van der Waals surface area contributed by atoms with Crippen molar-refractivity contribution in [2.24, 2.45) is 23.7 Å². The van der Waals surface area contributed by atoms with E-state index in [4.69, 9.17) is 11.6 Å². The Morgan fingerprint density at radius 1 is 1.00 bits per heavy atom. The van der Waals surface area contributed by atoms with Gasteiger partial charge in [0.05, 0.1) is 0 Å². The topological polar surface area (TPSA) is 64.2 Å². The number of likely N-dealkylation sites (tertiary alicyclic amines) is 3. The van der Waals surface area contributed by atoms with Gasteiger partial charge in [-0.05, 0) is 75.1 Å². The van der Waals surface area contributed by atoms with Crippen LogP contribution in [-0.2, 0) is 14.4 Å². The van der Waals surface area contributed by atoms with E-state index < -0.39 is 0 Å². The van der Waals surface area contributed by atoms with Crippen molar-refractivity contribution in [1.82, 2.24) is 14.7 Å². The maximum Gasteiger partial charge on any atom is 0.230 e. The molecule has 0 spiro atoms. The minimum Gasteiger partial charge on any atom is -0.343 e. The number of carbonyl (C=O) groups is 3.